The van der Waals surface area contributed by atoms with Crippen molar-refractivity contribution in [1.82, 2.24) is 19.4 Å². The second-order valence-electron chi connectivity index (χ2n) is 7.90. The summed E-state index contributed by atoms with van der Waals surface area (Å²) in [6, 6.07) is 22.4. The Balaban J connectivity index is 1.63. The largest absolute Gasteiger partial charge is 0.493 e. The Morgan fingerprint density at radius 1 is 0.879 bits per heavy atom. The van der Waals surface area contributed by atoms with Crippen molar-refractivity contribution in [3.8, 4) is 39.7 Å². The number of alkyl halides is 1. The summed E-state index contributed by atoms with van der Waals surface area (Å²) < 4.78 is 7.80. The van der Waals surface area contributed by atoms with Gasteiger partial charge in [0.25, 0.3) is 0 Å². The highest BCUT2D eigenvalue weighted by Crippen LogP contribution is 2.34. The molecule has 5 aromatic rings. The lowest BCUT2D eigenvalue weighted by Crippen LogP contribution is -1.97. The Labute approximate surface area is 201 Å². The SMILES string of the molecule is Cc1ccn2c(-c3ccnc(-c4ccc(OCCBr)cc4)c3)c(-c3cccc(C)n3)nc2c1. The number of fused-ring (bicyclic) bond motifs is 1. The number of aryl methyl sites for hydroxylation is 2. The molecule has 1 aromatic carbocycles. The molecule has 0 saturated carbocycles. The van der Waals surface area contributed by atoms with Crippen LogP contribution in [0.1, 0.15) is 11.3 Å². The van der Waals surface area contributed by atoms with Gasteiger partial charge in [-0.25, -0.2) is 4.98 Å². The molecule has 0 aliphatic carbocycles. The maximum atomic E-state index is 5.67. The van der Waals surface area contributed by atoms with E-state index in [2.05, 4.69) is 56.6 Å². The Kier molecular flexibility index (Phi) is 5.92. The van der Waals surface area contributed by atoms with Gasteiger partial charge in [0.1, 0.15) is 17.1 Å². The Bertz CT molecular complexity index is 1430. The molecule has 0 amide bonds. The summed E-state index contributed by atoms with van der Waals surface area (Å²) in [7, 11) is 0. The quantitative estimate of drug-likeness (QED) is 0.250. The van der Waals surface area contributed by atoms with Crippen molar-refractivity contribution < 1.29 is 4.74 Å². The highest BCUT2D eigenvalue weighted by Gasteiger charge is 2.18. The molecule has 4 aromatic heterocycles. The number of hydrogen-bond acceptors (Lipinski definition) is 4. The van der Waals surface area contributed by atoms with Crippen LogP contribution in [0.5, 0.6) is 5.75 Å². The number of pyridine rings is 3. The second kappa shape index (κ2) is 9.16. The van der Waals surface area contributed by atoms with Crippen molar-refractivity contribution in [3.63, 3.8) is 0 Å². The summed E-state index contributed by atoms with van der Waals surface area (Å²) in [5.74, 6) is 0.847. The topological polar surface area (TPSA) is 52.3 Å². The van der Waals surface area contributed by atoms with Gasteiger partial charge in [-0.1, -0.05) is 22.0 Å². The van der Waals surface area contributed by atoms with Crippen molar-refractivity contribution >= 4 is 21.6 Å². The number of rotatable bonds is 6. The van der Waals surface area contributed by atoms with Crippen LogP contribution >= 0.6 is 15.9 Å². The average Bonchev–Trinajstić information content (AvgIpc) is 3.22. The third-order valence-electron chi connectivity index (χ3n) is 5.44. The first kappa shape index (κ1) is 21.3. The van der Waals surface area contributed by atoms with Gasteiger partial charge in [-0.15, -0.1) is 0 Å². The first-order valence-electron chi connectivity index (χ1n) is 10.8. The van der Waals surface area contributed by atoms with Crippen LogP contribution in [0.4, 0.5) is 0 Å². The van der Waals surface area contributed by atoms with Crippen LogP contribution in [0.25, 0.3) is 39.5 Å². The van der Waals surface area contributed by atoms with Gasteiger partial charge in [0.2, 0.25) is 0 Å². The van der Waals surface area contributed by atoms with Crippen molar-refractivity contribution in [2.45, 2.75) is 13.8 Å². The number of aromatic nitrogens is 4. The van der Waals surface area contributed by atoms with Crippen LogP contribution in [0, 0.1) is 13.8 Å². The van der Waals surface area contributed by atoms with E-state index in [4.69, 9.17) is 14.7 Å². The molecule has 0 fully saturated rings. The zero-order valence-electron chi connectivity index (χ0n) is 18.5. The van der Waals surface area contributed by atoms with Crippen LogP contribution in [-0.4, -0.2) is 31.3 Å². The van der Waals surface area contributed by atoms with E-state index in [1.807, 2.05) is 61.7 Å². The minimum Gasteiger partial charge on any atom is -0.493 e. The maximum Gasteiger partial charge on any atom is 0.138 e. The summed E-state index contributed by atoms with van der Waals surface area (Å²) in [5.41, 5.74) is 8.71. The molecule has 0 N–H and O–H groups in total. The minimum atomic E-state index is 0.636. The van der Waals surface area contributed by atoms with Crippen LogP contribution in [0.2, 0.25) is 0 Å². The summed E-state index contributed by atoms with van der Waals surface area (Å²) in [6.07, 6.45) is 3.92. The predicted octanol–water partition coefficient (Wildman–Crippen LogP) is 6.52. The number of halogens is 1. The van der Waals surface area contributed by atoms with Gasteiger partial charge in [-0.3, -0.25) is 14.4 Å². The first-order chi connectivity index (χ1) is 16.1. The lowest BCUT2D eigenvalue weighted by atomic mass is 10.0. The van der Waals surface area contributed by atoms with Crippen molar-refractivity contribution in [3.05, 3.63) is 90.4 Å². The third-order valence-corrected chi connectivity index (χ3v) is 5.77. The number of imidazole rings is 1. The van der Waals surface area contributed by atoms with Gasteiger partial charge in [-0.2, -0.15) is 0 Å². The van der Waals surface area contributed by atoms with Crippen LogP contribution in [0.3, 0.4) is 0 Å². The van der Waals surface area contributed by atoms with E-state index in [1.165, 1.54) is 5.56 Å². The Morgan fingerprint density at radius 3 is 2.52 bits per heavy atom. The Morgan fingerprint density at radius 2 is 1.73 bits per heavy atom. The van der Waals surface area contributed by atoms with Gasteiger partial charge in [0.15, 0.2) is 0 Å². The van der Waals surface area contributed by atoms with Gasteiger partial charge in [-0.05, 0) is 80.1 Å². The van der Waals surface area contributed by atoms with E-state index in [0.29, 0.717) is 6.61 Å². The number of nitrogens with zero attached hydrogens (tertiary/aromatic N) is 4. The molecular weight excluding hydrogens is 476 g/mol. The highest BCUT2D eigenvalue weighted by molar-refractivity contribution is 9.09. The number of ether oxygens (including phenoxy) is 1. The van der Waals surface area contributed by atoms with E-state index in [9.17, 15) is 0 Å². The fraction of sp³-hybridized carbons (Fsp3) is 0.148. The molecule has 33 heavy (non-hydrogen) atoms. The van der Waals surface area contributed by atoms with Crippen LogP contribution < -0.4 is 4.74 Å². The molecule has 0 unspecified atom stereocenters. The molecule has 6 heteroatoms. The predicted molar refractivity (Wildman–Crippen MR) is 136 cm³/mol. The molecule has 5 rings (SSSR count). The maximum absolute atomic E-state index is 5.67. The van der Waals surface area contributed by atoms with E-state index in [1.54, 1.807) is 0 Å². The van der Waals surface area contributed by atoms with Crippen molar-refractivity contribution in [1.29, 1.82) is 0 Å². The van der Waals surface area contributed by atoms with E-state index < -0.39 is 0 Å². The molecule has 0 saturated heterocycles. The van der Waals surface area contributed by atoms with E-state index >= 15 is 0 Å². The summed E-state index contributed by atoms with van der Waals surface area (Å²) in [6.45, 7) is 4.71. The highest BCUT2D eigenvalue weighted by atomic mass is 79.9. The second-order valence-corrected chi connectivity index (χ2v) is 8.69. The minimum absolute atomic E-state index is 0.636. The summed E-state index contributed by atoms with van der Waals surface area (Å²) >= 11 is 3.39. The van der Waals surface area contributed by atoms with Crippen molar-refractivity contribution in [2.75, 3.05) is 11.9 Å². The first-order valence-corrected chi connectivity index (χ1v) is 11.9. The summed E-state index contributed by atoms with van der Waals surface area (Å²) in [5, 5.41) is 0.801. The van der Waals surface area contributed by atoms with E-state index in [-0.39, 0.29) is 0 Å². The fourth-order valence-electron chi connectivity index (χ4n) is 3.89. The average molecular weight is 499 g/mol. The molecule has 0 bridgehead atoms. The molecule has 0 aliphatic heterocycles. The zero-order valence-corrected chi connectivity index (χ0v) is 20.1. The fourth-order valence-corrected chi connectivity index (χ4v) is 4.05. The lowest BCUT2D eigenvalue weighted by Gasteiger charge is -2.09. The van der Waals surface area contributed by atoms with Crippen LogP contribution in [-0.2, 0) is 0 Å². The zero-order chi connectivity index (χ0) is 22.8. The molecule has 5 nitrogen and oxygen atoms in total. The molecule has 164 valence electrons. The molecule has 0 atom stereocenters. The van der Waals surface area contributed by atoms with Gasteiger partial charge < -0.3 is 4.74 Å². The smallest absolute Gasteiger partial charge is 0.138 e. The normalized spacial score (nSPS) is 11.1. The standard InChI is InChI=1S/C27H23BrN4O/c1-18-11-14-32-25(16-18)31-26(23-5-3-4-19(2)30-23)27(32)21-10-13-29-24(17-21)20-6-8-22(9-7-20)33-15-12-28/h3-11,13-14,16-17H,12,15H2,1-2H3. The molecule has 0 aliphatic rings. The third kappa shape index (κ3) is 4.39. The van der Waals surface area contributed by atoms with E-state index in [0.717, 1.165) is 56.3 Å². The van der Waals surface area contributed by atoms with Crippen molar-refractivity contribution in [2.24, 2.45) is 0 Å². The molecule has 0 radical (unpaired) electrons. The monoisotopic (exact) mass is 498 g/mol. The van der Waals surface area contributed by atoms with Gasteiger partial charge in [0, 0.05) is 34.5 Å². The molecular formula is C27H23BrN4O. The lowest BCUT2D eigenvalue weighted by molar-refractivity contribution is 0.345. The molecule has 4 heterocycles. The Hall–Kier alpha value is -3.51. The summed E-state index contributed by atoms with van der Waals surface area (Å²) in [4.78, 5) is 14.3. The van der Waals surface area contributed by atoms with Gasteiger partial charge in [0.05, 0.1) is 23.7 Å². The van der Waals surface area contributed by atoms with Crippen LogP contribution in [0.15, 0.2) is 79.1 Å². The number of benzene rings is 1. The molecule has 0 spiro atoms. The number of hydrogen-bond donors (Lipinski definition) is 0. The van der Waals surface area contributed by atoms with Gasteiger partial charge >= 0.3 is 0 Å².